The Kier molecular flexibility index (Phi) is 5.14. The summed E-state index contributed by atoms with van der Waals surface area (Å²) in [6.45, 7) is 6.03. The molecule has 2 N–H and O–H groups in total. The zero-order valence-electron chi connectivity index (χ0n) is 12.0. The highest BCUT2D eigenvalue weighted by molar-refractivity contribution is 5.07. The maximum absolute atomic E-state index is 11.7. The average molecular weight is 263 g/mol. The van der Waals surface area contributed by atoms with Crippen LogP contribution in [0.3, 0.4) is 0 Å². The lowest BCUT2D eigenvalue weighted by atomic mass is 10.0. The zero-order valence-corrected chi connectivity index (χ0v) is 12.0. The molecule has 19 heavy (non-hydrogen) atoms. The molecule has 0 aliphatic heterocycles. The molecule has 0 spiro atoms. The Morgan fingerprint density at radius 3 is 2.95 bits per heavy atom. The Labute approximate surface area is 115 Å². The number of nitrogens with zero attached hydrogens (tertiary/aromatic N) is 1. The third kappa shape index (κ3) is 3.90. The Bertz CT molecular complexity index is 455. The van der Waals surface area contributed by atoms with Gasteiger partial charge in [0.1, 0.15) is 5.82 Å². The van der Waals surface area contributed by atoms with E-state index in [4.69, 9.17) is 0 Å². The van der Waals surface area contributed by atoms with E-state index in [9.17, 15) is 4.79 Å². The summed E-state index contributed by atoms with van der Waals surface area (Å²) in [7, 11) is 0. The predicted octanol–water partition coefficient (Wildman–Crippen LogP) is 2.56. The van der Waals surface area contributed by atoms with E-state index in [0.29, 0.717) is 12.5 Å². The van der Waals surface area contributed by atoms with Gasteiger partial charge in [-0.2, -0.15) is 0 Å². The third-order valence-electron chi connectivity index (χ3n) is 4.05. The molecule has 106 valence electrons. The second-order valence-electron chi connectivity index (χ2n) is 5.58. The minimum absolute atomic E-state index is 0.0155. The first-order valence-corrected chi connectivity index (χ1v) is 7.53. The van der Waals surface area contributed by atoms with Gasteiger partial charge in [0.2, 0.25) is 0 Å². The summed E-state index contributed by atoms with van der Waals surface area (Å²) in [5.41, 5.74) is 0.852. The van der Waals surface area contributed by atoms with Crippen molar-refractivity contribution in [3.8, 4) is 0 Å². The Morgan fingerprint density at radius 2 is 2.26 bits per heavy atom. The van der Waals surface area contributed by atoms with E-state index in [1.165, 1.54) is 19.3 Å². The maximum atomic E-state index is 11.7. The number of H-pyrrole nitrogens is 1. The van der Waals surface area contributed by atoms with Gasteiger partial charge >= 0.3 is 0 Å². The van der Waals surface area contributed by atoms with E-state index in [1.54, 1.807) is 6.07 Å². The van der Waals surface area contributed by atoms with Crippen molar-refractivity contribution in [3.05, 3.63) is 27.9 Å². The fourth-order valence-corrected chi connectivity index (χ4v) is 2.90. The number of nitrogens with one attached hydrogen (secondary N) is 2. The van der Waals surface area contributed by atoms with Crippen LogP contribution in [-0.2, 0) is 6.54 Å². The smallest absolute Gasteiger partial charge is 0.251 e. The lowest BCUT2D eigenvalue weighted by Crippen LogP contribution is -2.20. The van der Waals surface area contributed by atoms with Gasteiger partial charge in [-0.3, -0.25) is 4.79 Å². The first-order valence-electron chi connectivity index (χ1n) is 7.53. The van der Waals surface area contributed by atoms with E-state index in [2.05, 4.69) is 29.1 Å². The molecule has 0 saturated heterocycles. The molecular formula is C15H25N3O. The lowest BCUT2D eigenvalue weighted by Gasteiger charge is -2.11. The van der Waals surface area contributed by atoms with Crippen LogP contribution in [0.25, 0.3) is 0 Å². The molecule has 1 saturated carbocycles. The first-order chi connectivity index (χ1) is 9.22. The summed E-state index contributed by atoms with van der Waals surface area (Å²) >= 11 is 0. The zero-order chi connectivity index (χ0) is 13.7. The van der Waals surface area contributed by atoms with Gasteiger partial charge in [0.15, 0.2) is 0 Å². The highest BCUT2D eigenvalue weighted by Crippen LogP contribution is 2.37. The molecule has 1 aromatic rings. The van der Waals surface area contributed by atoms with E-state index >= 15 is 0 Å². The van der Waals surface area contributed by atoms with Crippen LogP contribution in [0.1, 0.15) is 63.4 Å². The van der Waals surface area contributed by atoms with Gasteiger partial charge in [0.05, 0.1) is 5.69 Å². The molecule has 4 heteroatoms. The van der Waals surface area contributed by atoms with E-state index < -0.39 is 0 Å². The van der Waals surface area contributed by atoms with Crippen molar-refractivity contribution in [2.45, 2.75) is 58.4 Å². The number of aromatic nitrogens is 2. The fraction of sp³-hybridized carbons (Fsp3) is 0.733. The largest absolute Gasteiger partial charge is 0.311 e. The van der Waals surface area contributed by atoms with E-state index in [1.807, 2.05) is 0 Å². The van der Waals surface area contributed by atoms with E-state index in [-0.39, 0.29) is 5.56 Å². The topological polar surface area (TPSA) is 57.8 Å². The van der Waals surface area contributed by atoms with Gasteiger partial charge < -0.3 is 10.3 Å². The molecule has 0 radical (unpaired) electrons. The van der Waals surface area contributed by atoms with Gasteiger partial charge in [-0.1, -0.05) is 20.3 Å². The van der Waals surface area contributed by atoms with Crippen LogP contribution in [0.15, 0.2) is 10.9 Å². The van der Waals surface area contributed by atoms with Crippen LogP contribution in [0.4, 0.5) is 0 Å². The van der Waals surface area contributed by atoms with Gasteiger partial charge in [-0.05, 0) is 38.1 Å². The van der Waals surface area contributed by atoms with Crippen molar-refractivity contribution in [2.24, 2.45) is 5.92 Å². The van der Waals surface area contributed by atoms with Crippen LogP contribution in [0.2, 0.25) is 0 Å². The summed E-state index contributed by atoms with van der Waals surface area (Å²) in [5, 5.41) is 3.30. The van der Waals surface area contributed by atoms with Crippen molar-refractivity contribution in [3.63, 3.8) is 0 Å². The SMILES string of the molecule is CCCNCc1cc(=O)[nH]c(C2CCC(CC)C2)n1. The normalized spacial score (nSPS) is 22.8. The van der Waals surface area contributed by atoms with Gasteiger partial charge in [0, 0.05) is 18.5 Å². The van der Waals surface area contributed by atoms with Crippen LogP contribution >= 0.6 is 0 Å². The lowest BCUT2D eigenvalue weighted by molar-refractivity contribution is 0.515. The molecule has 1 aromatic heterocycles. The standard InChI is InChI=1S/C15H25N3O/c1-3-7-16-10-13-9-14(19)18-15(17-13)12-6-5-11(4-2)8-12/h9,11-12,16H,3-8,10H2,1-2H3,(H,17,18,19). The number of hydrogen-bond acceptors (Lipinski definition) is 3. The van der Waals surface area contributed by atoms with E-state index in [0.717, 1.165) is 36.8 Å². The summed E-state index contributed by atoms with van der Waals surface area (Å²) in [6.07, 6.45) is 5.93. The Hall–Kier alpha value is -1.16. The van der Waals surface area contributed by atoms with Crippen LogP contribution < -0.4 is 10.9 Å². The monoisotopic (exact) mass is 263 g/mol. The van der Waals surface area contributed by atoms with Gasteiger partial charge in [-0.15, -0.1) is 0 Å². The molecule has 1 aliphatic carbocycles. The fourth-order valence-electron chi connectivity index (χ4n) is 2.90. The highest BCUT2D eigenvalue weighted by Gasteiger charge is 2.26. The van der Waals surface area contributed by atoms with Crippen LogP contribution in [0, 0.1) is 5.92 Å². The molecule has 0 bridgehead atoms. The van der Waals surface area contributed by atoms with Crippen molar-refractivity contribution < 1.29 is 0 Å². The molecule has 1 heterocycles. The summed E-state index contributed by atoms with van der Waals surface area (Å²) in [5.74, 6) is 2.15. The Morgan fingerprint density at radius 1 is 1.42 bits per heavy atom. The third-order valence-corrected chi connectivity index (χ3v) is 4.05. The van der Waals surface area contributed by atoms with Crippen molar-refractivity contribution in [1.29, 1.82) is 0 Å². The number of rotatable bonds is 6. The number of aromatic amines is 1. The van der Waals surface area contributed by atoms with Crippen molar-refractivity contribution in [1.82, 2.24) is 15.3 Å². The molecule has 2 atom stereocenters. The molecule has 2 rings (SSSR count). The minimum Gasteiger partial charge on any atom is -0.311 e. The van der Waals surface area contributed by atoms with Gasteiger partial charge in [0.25, 0.3) is 5.56 Å². The van der Waals surface area contributed by atoms with Crippen LogP contribution in [-0.4, -0.2) is 16.5 Å². The summed E-state index contributed by atoms with van der Waals surface area (Å²) < 4.78 is 0. The number of hydrogen-bond donors (Lipinski definition) is 2. The quantitative estimate of drug-likeness (QED) is 0.776. The van der Waals surface area contributed by atoms with Crippen LogP contribution in [0.5, 0.6) is 0 Å². The molecule has 0 amide bonds. The van der Waals surface area contributed by atoms with Crippen molar-refractivity contribution in [2.75, 3.05) is 6.54 Å². The maximum Gasteiger partial charge on any atom is 0.251 e. The average Bonchev–Trinajstić information content (AvgIpc) is 2.87. The second kappa shape index (κ2) is 6.85. The molecule has 2 unspecified atom stereocenters. The molecule has 1 aliphatic rings. The molecule has 4 nitrogen and oxygen atoms in total. The first kappa shape index (κ1) is 14.3. The minimum atomic E-state index is -0.0155. The second-order valence-corrected chi connectivity index (χ2v) is 5.58. The summed E-state index contributed by atoms with van der Waals surface area (Å²) in [6, 6.07) is 1.61. The molecular weight excluding hydrogens is 238 g/mol. The predicted molar refractivity (Wildman–Crippen MR) is 77.2 cm³/mol. The highest BCUT2D eigenvalue weighted by atomic mass is 16.1. The Balaban J connectivity index is 2.06. The van der Waals surface area contributed by atoms with Crippen molar-refractivity contribution >= 4 is 0 Å². The summed E-state index contributed by atoms with van der Waals surface area (Å²) in [4.78, 5) is 19.3. The molecule has 1 fully saturated rings. The molecule has 0 aromatic carbocycles. The van der Waals surface area contributed by atoms with Gasteiger partial charge in [-0.25, -0.2) is 4.98 Å².